The normalized spacial score (nSPS) is 22.1. The lowest BCUT2D eigenvalue weighted by molar-refractivity contribution is -0.136. The van der Waals surface area contributed by atoms with Crippen LogP contribution in [0.4, 0.5) is 0 Å². The summed E-state index contributed by atoms with van der Waals surface area (Å²) < 4.78 is 0. The molecule has 18 heavy (non-hydrogen) atoms. The summed E-state index contributed by atoms with van der Waals surface area (Å²) in [5.74, 6) is 0.720. The molecule has 0 N–H and O–H groups in total. The quantitative estimate of drug-likeness (QED) is 0.813. The van der Waals surface area contributed by atoms with E-state index in [9.17, 15) is 4.79 Å². The molecular formula is C15H20ClNO. The van der Waals surface area contributed by atoms with Crippen molar-refractivity contribution in [2.75, 3.05) is 6.54 Å². The lowest BCUT2D eigenvalue weighted by atomic mass is 9.89. The summed E-state index contributed by atoms with van der Waals surface area (Å²) >= 11 is 6.04. The molecule has 2 nitrogen and oxygen atoms in total. The van der Waals surface area contributed by atoms with Gasteiger partial charge in [-0.15, -0.1) is 0 Å². The maximum atomic E-state index is 11.9. The summed E-state index contributed by atoms with van der Waals surface area (Å²) in [5, 5.41) is 0.777. The minimum Gasteiger partial charge on any atom is -0.339 e. The van der Waals surface area contributed by atoms with Crippen molar-refractivity contribution >= 4 is 17.5 Å². The summed E-state index contributed by atoms with van der Waals surface area (Å²) in [6, 6.07) is 8.35. The Morgan fingerprint density at radius 1 is 1.50 bits per heavy atom. The Bertz CT molecular complexity index is 432. The lowest BCUT2D eigenvalue weighted by Crippen LogP contribution is -2.44. The van der Waals surface area contributed by atoms with E-state index in [4.69, 9.17) is 11.6 Å². The second-order valence-corrected chi connectivity index (χ2v) is 5.53. The van der Waals surface area contributed by atoms with Crippen molar-refractivity contribution in [2.24, 2.45) is 0 Å². The fourth-order valence-corrected chi connectivity index (χ4v) is 2.75. The molecule has 0 spiro atoms. The van der Waals surface area contributed by atoms with Crippen molar-refractivity contribution in [2.45, 2.75) is 45.1 Å². The van der Waals surface area contributed by atoms with Crippen molar-refractivity contribution in [1.82, 2.24) is 4.90 Å². The maximum absolute atomic E-state index is 11.9. The van der Waals surface area contributed by atoms with Crippen LogP contribution in [0.1, 0.15) is 44.6 Å². The van der Waals surface area contributed by atoms with Gasteiger partial charge in [0.15, 0.2) is 0 Å². The number of halogens is 1. The molecule has 1 aliphatic rings. The molecule has 3 heteroatoms. The van der Waals surface area contributed by atoms with Gasteiger partial charge in [-0.2, -0.15) is 0 Å². The van der Waals surface area contributed by atoms with Gasteiger partial charge in [0.05, 0.1) is 0 Å². The van der Waals surface area contributed by atoms with Gasteiger partial charge in [0.2, 0.25) is 5.91 Å². The Kier molecular flexibility index (Phi) is 4.28. The molecule has 2 atom stereocenters. The van der Waals surface area contributed by atoms with E-state index in [1.807, 2.05) is 23.1 Å². The van der Waals surface area contributed by atoms with Gasteiger partial charge in [0.1, 0.15) is 0 Å². The fourth-order valence-electron chi connectivity index (χ4n) is 2.55. The van der Waals surface area contributed by atoms with E-state index < -0.39 is 0 Å². The Balaban J connectivity index is 2.14. The second kappa shape index (κ2) is 5.75. The molecule has 0 saturated carbocycles. The van der Waals surface area contributed by atoms with E-state index in [1.54, 1.807) is 0 Å². The number of rotatable bonds is 3. The van der Waals surface area contributed by atoms with Crippen LogP contribution in [0.2, 0.25) is 5.02 Å². The zero-order chi connectivity index (χ0) is 13.1. The molecule has 1 fully saturated rings. The molecule has 0 aromatic heterocycles. The van der Waals surface area contributed by atoms with Gasteiger partial charge < -0.3 is 4.90 Å². The number of hydrogen-bond donors (Lipinski definition) is 0. The first-order chi connectivity index (χ1) is 8.61. The summed E-state index contributed by atoms with van der Waals surface area (Å²) in [6.07, 6.45) is 2.60. The summed E-state index contributed by atoms with van der Waals surface area (Å²) in [5.41, 5.74) is 1.25. The zero-order valence-electron chi connectivity index (χ0n) is 11.0. The average molecular weight is 266 g/mol. The van der Waals surface area contributed by atoms with Crippen molar-refractivity contribution in [1.29, 1.82) is 0 Å². The highest BCUT2D eigenvalue weighted by Gasteiger charge is 2.29. The van der Waals surface area contributed by atoms with Gasteiger partial charge >= 0.3 is 0 Å². The Morgan fingerprint density at radius 3 is 2.94 bits per heavy atom. The molecule has 1 aromatic rings. The highest BCUT2D eigenvalue weighted by molar-refractivity contribution is 6.30. The lowest BCUT2D eigenvalue weighted by Gasteiger charge is -2.36. The first kappa shape index (κ1) is 13.4. The first-order valence-electron chi connectivity index (χ1n) is 6.66. The third kappa shape index (κ3) is 2.86. The highest BCUT2D eigenvalue weighted by atomic mass is 35.5. The van der Waals surface area contributed by atoms with Crippen LogP contribution in [0.15, 0.2) is 24.3 Å². The summed E-state index contributed by atoms with van der Waals surface area (Å²) in [7, 11) is 0. The van der Waals surface area contributed by atoms with E-state index >= 15 is 0 Å². The maximum Gasteiger partial charge on any atom is 0.222 e. The molecule has 98 valence electrons. The summed E-state index contributed by atoms with van der Waals surface area (Å²) in [4.78, 5) is 14.0. The third-order valence-electron chi connectivity index (χ3n) is 3.89. The van der Waals surface area contributed by atoms with Gasteiger partial charge in [-0.25, -0.2) is 0 Å². The van der Waals surface area contributed by atoms with Crippen LogP contribution in [-0.2, 0) is 4.79 Å². The highest BCUT2D eigenvalue weighted by Crippen LogP contribution is 2.30. The number of carbonyl (C=O) groups is 1. The predicted molar refractivity (Wildman–Crippen MR) is 74.9 cm³/mol. The summed E-state index contributed by atoms with van der Waals surface area (Å²) in [6.45, 7) is 5.08. The zero-order valence-corrected chi connectivity index (χ0v) is 11.8. The van der Waals surface area contributed by atoms with Crippen LogP contribution in [0, 0.1) is 0 Å². The number of piperidine rings is 1. The van der Waals surface area contributed by atoms with Gasteiger partial charge in [0, 0.05) is 29.9 Å². The minimum absolute atomic E-state index is 0.294. The molecule has 1 heterocycles. The SMILES string of the molecule is CCC(C)N1CC(c2cccc(Cl)c2)CCC1=O. The van der Waals surface area contributed by atoms with E-state index in [0.717, 1.165) is 24.4 Å². The number of likely N-dealkylation sites (tertiary alicyclic amines) is 1. The molecule has 0 aliphatic carbocycles. The number of carbonyl (C=O) groups excluding carboxylic acids is 1. The van der Waals surface area contributed by atoms with E-state index in [-0.39, 0.29) is 0 Å². The third-order valence-corrected chi connectivity index (χ3v) is 4.12. The predicted octanol–water partition coefficient (Wildman–Crippen LogP) is 3.84. The Hall–Kier alpha value is -1.02. The van der Waals surface area contributed by atoms with Crippen LogP contribution in [0.5, 0.6) is 0 Å². The number of nitrogens with zero attached hydrogens (tertiary/aromatic N) is 1. The number of amides is 1. The smallest absolute Gasteiger partial charge is 0.222 e. The van der Waals surface area contributed by atoms with Crippen LogP contribution >= 0.6 is 11.6 Å². The molecule has 2 unspecified atom stereocenters. The second-order valence-electron chi connectivity index (χ2n) is 5.09. The van der Waals surface area contributed by atoms with Gasteiger partial charge in [0.25, 0.3) is 0 Å². The van der Waals surface area contributed by atoms with Gasteiger partial charge in [-0.3, -0.25) is 4.79 Å². The van der Waals surface area contributed by atoms with E-state index in [1.165, 1.54) is 5.56 Å². The van der Waals surface area contributed by atoms with Crippen LogP contribution < -0.4 is 0 Å². The number of hydrogen-bond acceptors (Lipinski definition) is 1. The standard InChI is InChI=1S/C15H20ClNO/c1-3-11(2)17-10-13(7-8-15(17)18)12-5-4-6-14(16)9-12/h4-6,9,11,13H,3,7-8,10H2,1-2H3. The van der Waals surface area contributed by atoms with E-state index in [2.05, 4.69) is 19.9 Å². The Morgan fingerprint density at radius 2 is 2.28 bits per heavy atom. The van der Waals surface area contributed by atoms with Crippen molar-refractivity contribution in [3.63, 3.8) is 0 Å². The molecule has 1 aromatic carbocycles. The first-order valence-corrected chi connectivity index (χ1v) is 7.04. The van der Waals surface area contributed by atoms with Crippen molar-refractivity contribution in [3.05, 3.63) is 34.9 Å². The minimum atomic E-state index is 0.294. The molecule has 1 saturated heterocycles. The molecule has 0 radical (unpaired) electrons. The van der Waals surface area contributed by atoms with Crippen LogP contribution in [-0.4, -0.2) is 23.4 Å². The van der Waals surface area contributed by atoms with Crippen LogP contribution in [0.25, 0.3) is 0 Å². The van der Waals surface area contributed by atoms with Crippen LogP contribution in [0.3, 0.4) is 0 Å². The Labute approximate surface area is 114 Å². The number of benzene rings is 1. The molecule has 2 rings (SSSR count). The molecule has 1 amide bonds. The van der Waals surface area contributed by atoms with Crippen molar-refractivity contribution < 1.29 is 4.79 Å². The largest absolute Gasteiger partial charge is 0.339 e. The van der Waals surface area contributed by atoms with E-state index in [0.29, 0.717) is 24.3 Å². The van der Waals surface area contributed by atoms with Gasteiger partial charge in [-0.1, -0.05) is 30.7 Å². The fraction of sp³-hybridized carbons (Fsp3) is 0.533. The monoisotopic (exact) mass is 265 g/mol. The van der Waals surface area contributed by atoms with Gasteiger partial charge in [-0.05, 0) is 37.5 Å². The molecule has 0 bridgehead atoms. The topological polar surface area (TPSA) is 20.3 Å². The average Bonchev–Trinajstić information content (AvgIpc) is 2.38. The van der Waals surface area contributed by atoms with Crippen molar-refractivity contribution in [3.8, 4) is 0 Å². The molecule has 1 aliphatic heterocycles. The molecular weight excluding hydrogens is 246 g/mol.